The van der Waals surface area contributed by atoms with Crippen molar-refractivity contribution >= 4 is 45.3 Å². The monoisotopic (exact) mass is 305 g/mol. The number of anilines is 1. The lowest BCUT2D eigenvalue weighted by atomic mass is 10.1. The molecular formula is C10H6BrClFNO2. The fourth-order valence-electron chi connectivity index (χ4n) is 1.38. The van der Waals surface area contributed by atoms with Crippen LogP contribution in [0.5, 0.6) is 0 Å². The number of rotatable bonds is 1. The highest BCUT2D eigenvalue weighted by Crippen LogP contribution is 2.34. The van der Waals surface area contributed by atoms with E-state index in [2.05, 4.69) is 21.2 Å². The minimum Gasteiger partial charge on any atom is -0.478 e. The molecule has 84 valence electrons. The molecule has 1 unspecified atom stereocenters. The molecule has 0 saturated heterocycles. The quantitative estimate of drug-likeness (QED) is 0.619. The Balaban J connectivity index is 2.49. The Hall–Kier alpha value is -1.07. The number of alkyl halides is 1. The second kappa shape index (κ2) is 3.75. The molecule has 1 atom stereocenters. The van der Waals surface area contributed by atoms with Crippen LogP contribution in [0.3, 0.4) is 0 Å². The SMILES string of the molecule is O=C(O)C1(Cl)C=Cc2cc(F)c(Br)cc2N1. The summed E-state index contributed by atoms with van der Waals surface area (Å²) < 4.78 is 13.4. The highest BCUT2D eigenvalue weighted by atomic mass is 79.9. The van der Waals surface area contributed by atoms with Crippen LogP contribution in [0.1, 0.15) is 5.56 Å². The van der Waals surface area contributed by atoms with Crippen LogP contribution in [0, 0.1) is 5.82 Å². The van der Waals surface area contributed by atoms with Crippen LogP contribution in [0.25, 0.3) is 6.08 Å². The number of fused-ring (bicyclic) bond motifs is 1. The van der Waals surface area contributed by atoms with Gasteiger partial charge in [0.2, 0.25) is 5.00 Å². The molecule has 0 fully saturated rings. The number of hydrogen-bond donors (Lipinski definition) is 2. The van der Waals surface area contributed by atoms with Crippen molar-refractivity contribution in [3.8, 4) is 0 Å². The second-order valence-corrected chi connectivity index (χ2v) is 4.78. The van der Waals surface area contributed by atoms with Gasteiger partial charge >= 0.3 is 5.97 Å². The van der Waals surface area contributed by atoms with Crippen molar-refractivity contribution in [2.45, 2.75) is 5.00 Å². The van der Waals surface area contributed by atoms with Gasteiger partial charge in [-0.15, -0.1) is 0 Å². The Morgan fingerprint density at radius 3 is 2.88 bits per heavy atom. The fourth-order valence-corrected chi connectivity index (χ4v) is 1.88. The number of hydrogen-bond acceptors (Lipinski definition) is 2. The van der Waals surface area contributed by atoms with Gasteiger partial charge in [0.05, 0.1) is 4.47 Å². The largest absolute Gasteiger partial charge is 0.478 e. The zero-order chi connectivity index (χ0) is 11.9. The molecule has 1 aromatic rings. The van der Waals surface area contributed by atoms with Crippen LogP contribution in [0.15, 0.2) is 22.7 Å². The minimum absolute atomic E-state index is 0.249. The number of halogens is 3. The van der Waals surface area contributed by atoms with Gasteiger partial charge in [0.15, 0.2) is 0 Å². The van der Waals surface area contributed by atoms with E-state index in [9.17, 15) is 9.18 Å². The summed E-state index contributed by atoms with van der Waals surface area (Å²) in [5, 5.41) is 11.5. The summed E-state index contributed by atoms with van der Waals surface area (Å²) in [5.41, 5.74) is 1.02. The molecule has 0 radical (unpaired) electrons. The summed E-state index contributed by atoms with van der Waals surface area (Å²) in [4.78, 5) is 9.23. The van der Waals surface area contributed by atoms with Crippen LogP contribution < -0.4 is 5.32 Å². The normalized spacial score (nSPS) is 22.4. The van der Waals surface area contributed by atoms with Gasteiger partial charge < -0.3 is 10.4 Å². The number of benzene rings is 1. The molecule has 0 saturated carbocycles. The molecule has 0 amide bonds. The van der Waals surface area contributed by atoms with E-state index in [0.717, 1.165) is 0 Å². The van der Waals surface area contributed by atoms with Crippen molar-refractivity contribution < 1.29 is 14.3 Å². The lowest BCUT2D eigenvalue weighted by Crippen LogP contribution is -2.40. The van der Waals surface area contributed by atoms with E-state index in [-0.39, 0.29) is 4.47 Å². The Morgan fingerprint density at radius 2 is 2.25 bits per heavy atom. The first-order valence-electron chi connectivity index (χ1n) is 4.31. The average Bonchev–Trinajstić information content (AvgIpc) is 2.20. The maximum absolute atomic E-state index is 13.2. The lowest BCUT2D eigenvalue weighted by molar-refractivity contribution is -0.138. The van der Waals surface area contributed by atoms with Gasteiger partial charge in [0.25, 0.3) is 0 Å². The van der Waals surface area contributed by atoms with E-state index in [4.69, 9.17) is 16.7 Å². The van der Waals surface area contributed by atoms with E-state index in [0.29, 0.717) is 11.3 Å². The second-order valence-electron chi connectivity index (χ2n) is 3.33. The number of carboxylic acids is 1. The number of aliphatic carboxylic acids is 1. The Kier molecular flexibility index (Phi) is 2.67. The van der Waals surface area contributed by atoms with Gasteiger partial charge in [-0.2, -0.15) is 0 Å². The molecule has 2 rings (SSSR count). The fraction of sp³-hybridized carbons (Fsp3) is 0.100. The lowest BCUT2D eigenvalue weighted by Gasteiger charge is -2.26. The first kappa shape index (κ1) is 11.4. The highest BCUT2D eigenvalue weighted by molar-refractivity contribution is 9.10. The van der Waals surface area contributed by atoms with E-state index in [1.165, 1.54) is 24.3 Å². The van der Waals surface area contributed by atoms with Gasteiger partial charge in [-0.1, -0.05) is 17.7 Å². The molecule has 16 heavy (non-hydrogen) atoms. The predicted octanol–water partition coefficient (Wildman–Crippen LogP) is 3.05. The smallest absolute Gasteiger partial charge is 0.349 e. The molecule has 3 nitrogen and oxygen atoms in total. The number of nitrogens with one attached hydrogen (secondary N) is 1. The Bertz CT molecular complexity index is 506. The van der Waals surface area contributed by atoms with Crippen LogP contribution in [-0.2, 0) is 4.79 Å². The van der Waals surface area contributed by atoms with Gasteiger partial charge in [0.1, 0.15) is 5.82 Å². The third kappa shape index (κ3) is 1.81. The third-order valence-electron chi connectivity index (χ3n) is 2.21. The van der Waals surface area contributed by atoms with Crippen molar-refractivity contribution in [1.29, 1.82) is 0 Å². The number of carbonyl (C=O) groups is 1. The molecule has 1 aliphatic rings. The molecule has 0 aliphatic carbocycles. The van der Waals surface area contributed by atoms with Crippen molar-refractivity contribution in [1.82, 2.24) is 0 Å². The van der Waals surface area contributed by atoms with Crippen LogP contribution in [0.2, 0.25) is 0 Å². The Morgan fingerprint density at radius 1 is 1.56 bits per heavy atom. The van der Waals surface area contributed by atoms with Crippen molar-refractivity contribution in [2.75, 3.05) is 5.32 Å². The standard InChI is InChI=1S/C10H6BrClFNO2/c11-6-4-8-5(3-7(6)13)1-2-10(12,14-8)9(15)16/h1-4,14H,(H,15,16). The Labute approximate surface area is 104 Å². The predicted molar refractivity (Wildman–Crippen MR) is 63.0 cm³/mol. The van der Waals surface area contributed by atoms with Gasteiger partial charge in [0, 0.05) is 11.3 Å². The number of carboxylic acid groups (broad SMARTS) is 1. The molecule has 0 aromatic heterocycles. The summed E-state index contributed by atoms with van der Waals surface area (Å²) in [7, 11) is 0. The van der Waals surface area contributed by atoms with Crippen LogP contribution >= 0.6 is 27.5 Å². The summed E-state index contributed by atoms with van der Waals surface area (Å²) in [5.74, 6) is -1.63. The van der Waals surface area contributed by atoms with Crippen molar-refractivity contribution in [2.24, 2.45) is 0 Å². The molecule has 1 aliphatic heterocycles. The minimum atomic E-state index is -1.68. The molecule has 1 aromatic carbocycles. The van der Waals surface area contributed by atoms with E-state index in [1.54, 1.807) is 0 Å². The van der Waals surface area contributed by atoms with E-state index in [1.807, 2.05) is 0 Å². The van der Waals surface area contributed by atoms with Gasteiger partial charge in [-0.3, -0.25) is 0 Å². The molecule has 2 N–H and O–H groups in total. The van der Waals surface area contributed by atoms with E-state index >= 15 is 0 Å². The van der Waals surface area contributed by atoms with Crippen molar-refractivity contribution in [3.05, 3.63) is 34.1 Å². The maximum atomic E-state index is 13.2. The highest BCUT2D eigenvalue weighted by Gasteiger charge is 2.36. The first-order chi connectivity index (χ1) is 7.42. The van der Waals surface area contributed by atoms with Gasteiger partial charge in [-0.05, 0) is 34.1 Å². The molecule has 0 bridgehead atoms. The third-order valence-corrected chi connectivity index (χ3v) is 3.20. The summed E-state index contributed by atoms with van der Waals surface area (Å²) in [6, 6.07) is 2.75. The average molecular weight is 307 g/mol. The van der Waals surface area contributed by atoms with Crippen molar-refractivity contribution in [3.63, 3.8) is 0 Å². The summed E-state index contributed by atoms with van der Waals surface area (Å²) >= 11 is 8.84. The zero-order valence-corrected chi connectivity index (χ0v) is 10.1. The molecule has 6 heteroatoms. The molecule has 0 spiro atoms. The topological polar surface area (TPSA) is 49.3 Å². The first-order valence-corrected chi connectivity index (χ1v) is 5.48. The summed E-state index contributed by atoms with van der Waals surface area (Å²) in [6.45, 7) is 0. The molecule has 1 heterocycles. The van der Waals surface area contributed by atoms with Gasteiger partial charge in [-0.25, -0.2) is 9.18 Å². The maximum Gasteiger partial charge on any atom is 0.349 e. The van der Waals surface area contributed by atoms with E-state index < -0.39 is 16.8 Å². The van der Waals surface area contributed by atoms with Crippen LogP contribution in [0.4, 0.5) is 10.1 Å². The summed E-state index contributed by atoms with van der Waals surface area (Å²) in [6.07, 6.45) is 2.75. The zero-order valence-electron chi connectivity index (χ0n) is 7.80. The van der Waals surface area contributed by atoms with Crippen LogP contribution in [-0.4, -0.2) is 16.1 Å². The molecular weight excluding hydrogens is 300 g/mol.